The van der Waals surface area contributed by atoms with Gasteiger partial charge in [-0.15, -0.1) is 5.10 Å². The minimum absolute atomic E-state index is 0.0820. The number of nitrogens with zero attached hydrogens (tertiary/aromatic N) is 5. The molecule has 8 nitrogen and oxygen atoms in total. The molecule has 2 rings (SSSR count). The number of nitrogens with one attached hydrogen (secondary N) is 1. The van der Waals surface area contributed by atoms with E-state index in [1.54, 1.807) is 14.1 Å². The molecule has 1 saturated heterocycles. The molecule has 1 N–H and O–H groups in total. The van der Waals surface area contributed by atoms with Crippen molar-refractivity contribution in [1.29, 1.82) is 0 Å². The second-order valence-electron chi connectivity index (χ2n) is 6.41. The fraction of sp³-hybridized carbons (Fsp3) is 0.733. The van der Waals surface area contributed by atoms with Gasteiger partial charge in [-0.2, -0.15) is 0 Å². The first-order valence-electron chi connectivity index (χ1n) is 8.06. The van der Waals surface area contributed by atoms with Gasteiger partial charge in [-0.3, -0.25) is 9.59 Å². The number of likely N-dealkylation sites (tertiary alicyclic amines) is 1. The van der Waals surface area contributed by atoms with Crippen molar-refractivity contribution in [2.24, 2.45) is 5.92 Å². The maximum Gasteiger partial charge on any atom is 0.273 e. The summed E-state index contributed by atoms with van der Waals surface area (Å²) in [5, 5.41) is 10.5. The van der Waals surface area contributed by atoms with Crippen LogP contribution in [0.3, 0.4) is 0 Å². The van der Waals surface area contributed by atoms with Crippen LogP contribution in [0.5, 0.6) is 0 Å². The quantitative estimate of drug-likeness (QED) is 0.753. The van der Waals surface area contributed by atoms with E-state index in [0.717, 1.165) is 19.6 Å². The Hall–Kier alpha value is -1.96. The lowest BCUT2D eigenvalue weighted by atomic mass is 10.1. The van der Waals surface area contributed by atoms with E-state index >= 15 is 0 Å². The molecule has 2 amide bonds. The molecule has 8 heteroatoms. The largest absolute Gasteiger partial charge is 0.350 e. The summed E-state index contributed by atoms with van der Waals surface area (Å²) in [5.41, 5.74) is 0.241. The smallest absolute Gasteiger partial charge is 0.273 e. The van der Waals surface area contributed by atoms with E-state index in [9.17, 15) is 9.59 Å². The topological polar surface area (TPSA) is 83.4 Å². The van der Waals surface area contributed by atoms with Gasteiger partial charge in [0, 0.05) is 27.2 Å². The molecule has 0 radical (unpaired) electrons. The summed E-state index contributed by atoms with van der Waals surface area (Å²) in [6, 6.07) is 0. The number of hydrogen-bond donors (Lipinski definition) is 1. The van der Waals surface area contributed by atoms with Crippen molar-refractivity contribution in [2.75, 3.05) is 40.3 Å². The van der Waals surface area contributed by atoms with Crippen molar-refractivity contribution in [2.45, 2.75) is 26.3 Å². The normalized spacial score (nSPS) is 16.3. The highest BCUT2D eigenvalue weighted by atomic mass is 16.2. The van der Waals surface area contributed by atoms with Gasteiger partial charge in [0.1, 0.15) is 6.54 Å². The van der Waals surface area contributed by atoms with Gasteiger partial charge in [-0.1, -0.05) is 12.1 Å². The lowest BCUT2D eigenvalue weighted by Gasteiger charge is -2.20. The summed E-state index contributed by atoms with van der Waals surface area (Å²) in [6.07, 6.45) is 4.05. The number of carbonyl (C=O) groups excluding carboxylic acids is 2. The first kappa shape index (κ1) is 17.4. The molecule has 0 spiro atoms. The molecule has 0 aliphatic carbocycles. The molecule has 1 aromatic heterocycles. The number of carbonyl (C=O) groups is 2. The van der Waals surface area contributed by atoms with Gasteiger partial charge in [0.25, 0.3) is 5.91 Å². The number of amides is 2. The minimum Gasteiger partial charge on any atom is -0.350 e. The van der Waals surface area contributed by atoms with Gasteiger partial charge < -0.3 is 15.1 Å². The van der Waals surface area contributed by atoms with Gasteiger partial charge in [0.2, 0.25) is 5.91 Å². The molecule has 2 heterocycles. The number of likely N-dealkylation sites (N-methyl/N-ethyl adjacent to an activating group) is 1. The third-order valence-corrected chi connectivity index (χ3v) is 3.95. The third kappa shape index (κ3) is 5.31. The first-order valence-corrected chi connectivity index (χ1v) is 8.06. The first-order chi connectivity index (χ1) is 11.0. The second-order valence-corrected chi connectivity index (χ2v) is 6.41. The average Bonchev–Trinajstić information content (AvgIpc) is 3.16. The summed E-state index contributed by atoms with van der Waals surface area (Å²) in [5.74, 6) is 0.0466. The van der Waals surface area contributed by atoms with Crippen LogP contribution in [0.15, 0.2) is 6.20 Å². The van der Waals surface area contributed by atoms with Gasteiger partial charge in [-0.25, -0.2) is 4.68 Å². The van der Waals surface area contributed by atoms with Crippen molar-refractivity contribution < 1.29 is 9.59 Å². The Morgan fingerprint density at radius 1 is 1.35 bits per heavy atom. The van der Waals surface area contributed by atoms with E-state index in [2.05, 4.69) is 27.5 Å². The standard InChI is InChI=1S/C15H26N6O2/c1-12(9-20-6-4-5-7-20)8-16-15(23)13-10-21(18-17-13)11-14(22)19(2)3/h10,12H,4-9,11H2,1-3H3,(H,16,23). The summed E-state index contributed by atoms with van der Waals surface area (Å²) < 4.78 is 1.38. The number of rotatable bonds is 7. The Kier molecular flexibility index (Phi) is 6.09. The molecule has 1 aliphatic heterocycles. The van der Waals surface area contributed by atoms with Gasteiger partial charge in [0.15, 0.2) is 5.69 Å². The van der Waals surface area contributed by atoms with Crippen molar-refractivity contribution in [3.05, 3.63) is 11.9 Å². The van der Waals surface area contributed by atoms with Crippen molar-refractivity contribution in [3.63, 3.8) is 0 Å². The van der Waals surface area contributed by atoms with Crippen LogP contribution in [0.25, 0.3) is 0 Å². The molecule has 1 atom stereocenters. The zero-order valence-electron chi connectivity index (χ0n) is 14.2. The van der Waals surface area contributed by atoms with Crippen LogP contribution >= 0.6 is 0 Å². The molecule has 1 aliphatic rings. The average molecular weight is 322 g/mol. The van der Waals surface area contributed by atoms with Crippen LogP contribution in [0.4, 0.5) is 0 Å². The molecule has 0 saturated carbocycles. The Bertz CT molecular complexity index is 536. The van der Waals surface area contributed by atoms with E-state index < -0.39 is 0 Å². The lowest BCUT2D eigenvalue weighted by Crippen LogP contribution is -2.34. The number of hydrogen-bond acceptors (Lipinski definition) is 5. The molecular weight excluding hydrogens is 296 g/mol. The SMILES string of the molecule is CC(CNC(=O)c1cn(CC(=O)N(C)C)nn1)CN1CCCC1. The molecule has 1 aromatic rings. The van der Waals surface area contributed by atoms with E-state index in [4.69, 9.17) is 0 Å². The maximum absolute atomic E-state index is 12.1. The van der Waals surface area contributed by atoms with Gasteiger partial charge in [0.05, 0.1) is 6.20 Å². The van der Waals surface area contributed by atoms with Crippen LogP contribution < -0.4 is 5.32 Å². The monoisotopic (exact) mass is 322 g/mol. The fourth-order valence-electron chi connectivity index (χ4n) is 2.59. The Balaban J connectivity index is 1.76. The van der Waals surface area contributed by atoms with Crippen LogP contribution in [0.2, 0.25) is 0 Å². The zero-order chi connectivity index (χ0) is 16.8. The highest BCUT2D eigenvalue weighted by Gasteiger charge is 2.17. The van der Waals surface area contributed by atoms with Crippen LogP contribution in [-0.2, 0) is 11.3 Å². The molecule has 1 unspecified atom stereocenters. The summed E-state index contributed by atoms with van der Waals surface area (Å²) in [4.78, 5) is 27.6. The van der Waals surface area contributed by atoms with E-state index in [1.165, 1.54) is 28.6 Å². The molecule has 128 valence electrons. The van der Waals surface area contributed by atoms with Crippen molar-refractivity contribution >= 4 is 11.8 Å². The van der Waals surface area contributed by atoms with Gasteiger partial charge in [-0.05, 0) is 31.8 Å². The summed E-state index contributed by atoms with van der Waals surface area (Å²) >= 11 is 0. The molecule has 1 fully saturated rings. The Labute approximate surface area is 136 Å². The van der Waals surface area contributed by atoms with E-state index in [1.807, 2.05) is 0 Å². The van der Waals surface area contributed by atoms with Crippen molar-refractivity contribution in [3.8, 4) is 0 Å². The van der Waals surface area contributed by atoms with Gasteiger partial charge >= 0.3 is 0 Å². The van der Waals surface area contributed by atoms with Crippen molar-refractivity contribution in [1.82, 2.24) is 30.1 Å². The Morgan fingerprint density at radius 2 is 2.04 bits per heavy atom. The molecule has 0 bridgehead atoms. The summed E-state index contributed by atoms with van der Waals surface area (Å²) in [7, 11) is 3.35. The van der Waals surface area contributed by atoms with Crippen LogP contribution in [0, 0.1) is 5.92 Å². The third-order valence-electron chi connectivity index (χ3n) is 3.95. The highest BCUT2D eigenvalue weighted by molar-refractivity contribution is 5.91. The Morgan fingerprint density at radius 3 is 2.70 bits per heavy atom. The minimum atomic E-state index is -0.248. The predicted molar refractivity (Wildman–Crippen MR) is 85.9 cm³/mol. The highest BCUT2D eigenvalue weighted by Crippen LogP contribution is 2.09. The summed E-state index contributed by atoms with van der Waals surface area (Å²) in [6.45, 7) is 6.14. The molecule has 0 aromatic carbocycles. The second kappa shape index (κ2) is 8.05. The van der Waals surface area contributed by atoms with E-state index in [-0.39, 0.29) is 24.1 Å². The lowest BCUT2D eigenvalue weighted by molar-refractivity contribution is -0.129. The number of aromatic nitrogens is 3. The predicted octanol–water partition coefficient (Wildman–Crippen LogP) is -0.172. The van der Waals surface area contributed by atoms with Crippen LogP contribution in [-0.4, -0.2) is 76.9 Å². The van der Waals surface area contributed by atoms with Crippen LogP contribution in [0.1, 0.15) is 30.3 Å². The maximum atomic E-state index is 12.1. The zero-order valence-corrected chi connectivity index (χ0v) is 14.2. The van der Waals surface area contributed by atoms with E-state index in [0.29, 0.717) is 12.5 Å². The fourth-order valence-corrected chi connectivity index (χ4v) is 2.59. The molecular formula is C15H26N6O2. The molecule has 23 heavy (non-hydrogen) atoms.